The average Bonchev–Trinajstić information content (AvgIpc) is 2.93. The van der Waals surface area contributed by atoms with Crippen molar-refractivity contribution in [1.82, 2.24) is 0 Å². The first-order chi connectivity index (χ1) is 19.6. The van der Waals surface area contributed by atoms with Crippen LogP contribution in [0.3, 0.4) is 0 Å². The van der Waals surface area contributed by atoms with Crippen molar-refractivity contribution in [3.63, 3.8) is 0 Å². The molecule has 3 aromatic rings. The smallest absolute Gasteiger partial charge is 0.416 e. The minimum atomic E-state index is -4.69. The van der Waals surface area contributed by atoms with E-state index in [1.807, 2.05) is 0 Å². The maximum atomic E-state index is 13.3. The number of carbonyl (C=O) groups excluding carboxylic acids is 2. The Morgan fingerprint density at radius 2 is 1.48 bits per heavy atom. The molecule has 16 heteroatoms. The summed E-state index contributed by atoms with van der Waals surface area (Å²) in [5.74, 6) is -1.93. The van der Waals surface area contributed by atoms with Crippen LogP contribution in [0.4, 0.5) is 24.5 Å². The van der Waals surface area contributed by atoms with Crippen LogP contribution in [-0.4, -0.2) is 47.7 Å². The van der Waals surface area contributed by atoms with Crippen LogP contribution in [-0.2, 0) is 25.7 Å². The highest BCUT2D eigenvalue weighted by Crippen LogP contribution is 2.38. The lowest BCUT2D eigenvalue weighted by Gasteiger charge is -2.17. The number of sulfonamides is 1. The van der Waals surface area contributed by atoms with Crippen molar-refractivity contribution in [1.29, 1.82) is 0 Å². The first-order valence-electron chi connectivity index (χ1n) is 11.6. The second-order valence-electron chi connectivity index (χ2n) is 8.39. The molecule has 0 fully saturated rings. The van der Waals surface area contributed by atoms with Crippen LogP contribution < -0.4 is 24.2 Å². The number of hydrogen-bond acceptors (Lipinski definition) is 8. The van der Waals surface area contributed by atoms with Crippen molar-refractivity contribution in [2.45, 2.75) is 24.1 Å². The van der Waals surface area contributed by atoms with E-state index in [-0.39, 0.29) is 44.2 Å². The monoisotopic (exact) mass is 650 g/mol. The maximum Gasteiger partial charge on any atom is 0.416 e. The zero-order valence-corrected chi connectivity index (χ0v) is 24.6. The molecule has 0 aliphatic heterocycles. The van der Waals surface area contributed by atoms with Gasteiger partial charge in [0.15, 0.2) is 6.10 Å². The number of esters is 1. The average molecular weight is 651 g/mol. The van der Waals surface area contributed by atoms with E-state index in [2.05, 4.69) is 10.0 Å². The number of anilines is 2. The third-order valence-corrected chi connectivity index (χ3v) is 7.62. The van der Waals surface area contributed by atoms with Gasteiger partial charge in [-0.1, -0.05) is 23.2 Å². The molecule has 0 spiro atoms. The van der Waals surface area contributed by atoms with Crippen LogP contribution in [0.15, 0.2) is 53.4 Å². The van der Waals surface area contributed by atoms with Gasteiger partial charge in [-0.25, -0.2) is 13.2 Å². The van der Waals surface area contributed by atoms with Gasteiger partial charge in [-0.2, -0.15) is 13.2 Å². The predicted molar refractivity (Wildman–Crippen MR) is 148 cm³/mol. The van der Waals surface area contributed by atoms with Gasteiger partial charge in [0, 0.05) is 6.07 Å². The van der Waals surface area contributed by atoms with Crippen LogP contribution in [0, 0.1) is 0 Å². The molecule has 0 aliphatic rings. The SMILES string of the molecule is COc1cc(OC)c(NS(=O)(=O)c2cc(C(=O)OC(C)C(=O)Nc3cc(C(F)(F)F)ccc3Cl)ccc2OC)cc1Cl. The third-order valence-electron chi connectivity index (χ3n) is 5.61. The number of rotatable bonds is 10. The molecule has 2 N–H and O–H groups in total. The van der Waals surface area contributed by atoms with Crippen molar-refractivity contribution in [2.24, 2.45) is 0 Å². The van der Waals surface area contributed by atoms with Crippen molar-refractivity contribution in [3.8, 4) is 17.2 Å². The second kappa shape index (κ2) is 13.0. The van der Waals surface area contributed by atoms with Crippen molar-refractivity contribution < 1.29 is 50.1 Å². The maximum absolute atomic E-state index is 13.3. The highest BCUT2D eigenvalue weighted by Gasteiger charge is 2.32. The molecule has 226 valence electrons. The van der Waals surface area contributed by atoms with E-state index in [1.54, 1.807) is 0 Å². The second-order valence-corrected chi connectivity index (χ2v) is 10.9. The Morgan fingerprint density at radius 1 is 0.833 bits per heavy atom. The molecular weight excluding hydrogens is 628 g/mol. The predicted octanol–water partition coefficient (Wildman–Crippen LogP) is 6.02. The number of carbonyl (C=O) groups is 2. The van der Waals surface area contributed by atoms with E-state index in [0.29, 0.717) is 6.07 Å². The minimum Gasteiger partial charge on any atom is -0.495 e. The molecule has 0 saturated carbocycles. The molecule has 42 heavy (non-hydrogen) atoms. The van der Waals surface area contributed by atoms with Gasteiger partial charge in [0.1, 0.15) is 22.1 Å². The van der Waals surface area contributed by atoms with Crippen LogP contribution >= 0.6 is 23.2 Å². The Balaban J connectivity index is 1.84. The number of benzene rings is 3. The standard InChI is InChI=1S/C26H23Cl2F3N2O8S/c1-13(24(34)32-18-10-15(26(29,30)31)6-7-16(18)27)41-25(35)14-5-8-20(38-2)23(9-14)42(36,37)33-19-11-17(28)21(39-3)12-22(19)40-4/h5-13,33H,1-4H3,(H,32,34). The number of hydrogen-bond donors (Lipinski definition) is 2. The zero-order valence-electron chi connectivity index (χ0n) is 22.3. The Bertz CT molecular complexity index is 1620. The molecule has 3 rings (SSSR count). The fourth-order valence-electron chi connectivity index (χ4n) is 3.47. The fourth-order valence-corrected chi connectivity index (χ4v) is 5.13. The third kappa shape index (κ3) is 7.49. The Morgan fingerprint density at radius 3 is 2.07 bits per heavy atom. The van der Waals surface area contributed by atoms with Crippen LogP contribution in [0.1, 0.15) is 22.8 Å². The Hall–Kier alpha value is -3.88. The lowest BCUT2D eigenvalue weighted by molar-refractivity contribution is -0.137. The number of methoxy groups -OCH3 is 3. The number of ether oxygens (including phenoxy) is 4. The Labute approximate surface area is 248 Å². The van der Waals surface area contributed by atoms with Crippen LogP contribution in [0.2, 0.25) is 10.0 Å². The van der Waals surface area contributed by atoms with Crippen LogP contribution in [0.5, 0.6) is 17.2 Å². The van der Waals surface area contributed by atoms with Gasteiger partial charge >= 0.3 is 12.1 Å². The summed E-state index contributed by atoms with van der Waals surface area (Å²) in [7, 11) is -0.557. The quantitative estimate of drug-likeness (QED) is 0.255. The Kier molecular flexibility index (Phi) is 10.1. The van der Waals surface area contributed by atoms with Crippen molar-refractivity contribution >= 4 is 56.5 Å². The lowest BCUT2D eigenvalue weighted by atomic mass is 10.2. The van der Waals surface area contributed by atoms with E-state index in [0.717, 1.165) is 25.1 Å². The van der Waals surface area contributed by atoms with Gasteiger partial charge in [-0.15, -0.1) is 0 Å². The summed E-state index contributed by atoms with van der Waals surface area (Å²) in [5, 5.41) is 2.08. The number of amides is 1. The van der Waals surface area contributed by atoms with Gasteiger partial charge in [0.2, 0.25) is 0 Å². The number of halogens is 5. The summed E-state index contributed by atoms with van der Waals surface area (Å²) in [6.07, 6.45) is -6.21. The molecule has 0 radical (unpaired) electrons. The summed E-state index contributed by atoms with van der Waals surface area (Å²) >= 11 is 12.0. The molecule has 1 unspecified atom stereocenters. The van der Waals surface area contributed by atoms with Gasteiger partial charge < -0.3 is 24.3 Å². The van der Waals surface area contributed by atoms with E-state index in [1.165, 1.54) is 45.6 Å². The van der Waals surface area contributed by atoms with Gasteiger partial charge in [0.05, 0.1) is 53.9 Å². The number of alkyl halides is 3. The van der Waals surface area contributed by atoms with Crippen molar-refractivity contribution in [2.75, 3.05) is 31.4 Å². The molecule has 1 amide bonds. The largest absolute Gasteiger partial charge is 0.495 e. The highest BCUT2D eigenvalue weighted by atomic mass is 35.5. The van der Waals surface area contributed by atoms with Gasteiger partial charge in [-0.05, 0) is 49.4 Å². The molecule has 1 atom stereocenters. The fraction of sp³-hybridized carbons (Fsp3) is 0.231. The summed E-state index contributed by atoms with van der Waals surface area (Å²) in [6, 6.07) is 8.30. The van der Waals surface area contributed by atoms with Crippen LogP contribution in [0.25, 0.3) is 0 Å². The first-order valence-corrected chi connectivity index (χ1v) is 13.9. The summed E-state index contributed by atoms with van der Waals surface area (Å²) in [4.78, 5) is 24.9. The van der Waals surface area contributed by atoms with E-state index in [9.17, 15) is 31.2 Å². The molecule has 0 aliphatic carbocycles. The van der Waals surface area contributed by atoms with E-state index in [4.69, 9.17) is 42.1 Å². The zero-order chi connectivity index (χ0) is 31.4. The molecular formula is C26H23Cl2F3N2O8S. The normalized spacial score (nSPS) is 12.2. The summed E-state index contributed by atoms with van der Waals surface area (Å²) in [5.41, 5.74) is -1.73. The van der Waals surface area contributed by atoms with Crippen molar-refractivity contribution in [3.05, 3.63) is 69.7 Å². The lowest BCUT2D eigenvalue weighted by Crippen LogP contribution is -2.30. The molecule has 0 bridgehead atoms. The molecule has 0 aromatic heterocycles. The first kappa shape index (κ1) is 32.6. The highest BCUT2D eigenvalue weighted by molar-refractivity contribution is 7.92. The number of nitrogens with one attached hydrogen (secondary N) is 2. The molecule has 10 nitrogen and oxygen atoms in total. The molecule has 0 saturated heterocycles. The molecule has 3 aromatic carbocycles. The van der Waals surface area contributed by atoms with E-state index >= 15 is 0 Å². The topological polar surface area (TPSA) is 129 Å². The van der Waals surface area contributed by atoms with Gasteiger partial charge in [0.25, 0.3) is 15.9 Å². The minimum absolute atomic E-state index is 0.0446. The summed E-state index contributed by atoms with van der Waals surface area (Å²) < 4.78 is 88.6. The van der Waals surface area contributed by atoms with E-state index < -0.39 is 44.6 Å². The van der Waals surface area contributed by atoms with Gasteiger partial charge in [-0.3, -0.25) is 9.52 Å². The molecule has 0 heterocycles. The summed E-state index contributed by atoms with van der Waals surface area (Å²) in [6.45, 7) is 1.16.